The number of benzene rings is 1. The highest BCUT2D eigenvalue weighted by atomic mass is 32.2. The maximum Gasteiger partial charge on any atom is 0.217 e. The van der Waals surface area contributed by atoms with E-state index in [9.17, 15) is 5.11 Å². The van der Waals surface area contributed by atoms with Crippen LogP contribution in [0.3, 0.4) is 0 Å². The summed E-state index contributed by atoms with van der Waals surface area (Å²) in [6, 6.07) is 8.29. The Balaban J connectivity index is 1.64. The van der Waals surface area contributed by atoms with Crippen LogP contribution in [0.15, 0.2) is 29.4 Å². The molecule has 2 aromatic heterocycles. The molecule has 1 N–H and O–H groups in total. The molecule has 3 aromatic rings. The number of rotatable bonds is 3. The second kappa shape index (κ2) is 5.26. The van der Waals surface area contributed by atoms with Crippen LogP contribution in [0.1, 0.15) is 32.1 Å². The number of aliphatic hydroxyl groups is 1. The predicted octanol–water partition coefficient (Wildman–Crippen LogP) is 3.73. The molecule has 0 saturated heterocycles. The molecule has 21 heavy (non-hydrogen) atoms. The van der Waals surface area contributed by atoms with Crippen molar-refractivity contribution in [1.29, 1.82) is 0 Å². The van der Waals surface area contributed by atoms with Crippen molar-refractivity contribution in [2.75, 3.05) is 5.75 Å². The Kier molecular flexibility index (Phi) is 3.40. The molecule has 1 saturated carbocycles. The minimum Gasteiger partial charge on any atom is -0.389 e. The van der Waals surface area contributed by atoms with Crippen LogP contribution in [-0.2, 0) is 0 Å². The number of thiazole rings is 1. The normalized spacial score (nSPS) is 18.5. The molecule has 0 radical (unpaired) electrons. The van der Waals surface area contributed by atoms with Gasteiger partial charge >= 0.3 is 0 Å². The van der Waals surface area contributed by atoms with E-state index in [-0.39, 0.29) is 0 Å². The smallest absolute Gasteiger partial charge is 0.217 e. The fraction of sp³-hybridized carbons (Fsp3) is 0.467. The van der Waals surface area contributed by atoms with Crippen LogP contribution in [0, 0.1) is 0 Å². The third-order valence-electron chi connectivity index (χ3n) is 4.17. The van der Waals surface area contributed by atoms with Gasteiger partial charge in [0.25, 0.3) is 0 Å². The van der Waals surface area contributed by atoms with Gasteiger partial charge in [-0.05, 0) is 25.0 Å². The lowest BCUT2D eigenvalue weighted by molar-refractivity contribution is 0.0272. The van der Waals surface area contributed by atoms with Crippen LogP contribution >= 0.6 is 23.1 Å². The fourth-order valence-electron chi connectivity index (χ4n) is 3.00. The summed E-state index contributed by atoms with van der Waals surface area (Å²) in [5, 5.41) is 20.1. The van der Waals surface area contributed by atoms with E-state index in [0.29, 0.717) is 5.75 Å². The lowest BCUT2D eigenvalue weighted by Gasteiger charge is -2.31. The quantitative estimate of drug-likeness (QED) is 0.747. The van der Waals surface area contributed by atoms with Crippen LogP contribution in [0.25, 0.3) is 15.2 Å². The highest BCUT2D eigenvalue weighted by Gasteiger charge is 2.30. The van der Waals surface area contributed by atoms with Crippen LogP contribution in [0.4, 0.5) is 0 Å². The minimum atomic E-state index is -0.527. The van der Waals surface area contributed by atoms with E-state index in [2.05, 4.69) is 26.7 Å². The minimum absolute atomic E-state index is 0.527. The van der Waals surface area contributed by atoms with Gasteiger partial charge in [-0.3, -0.25) is 4.40 Å². The van der Waals surface area contributed by atoms with Gasteiger partial charge in [0.15, 0.2) is 5.16 Å². The number of thioether (sulfide) groups is 1. The number of aromatic nitrogens is 3. The summed E-state index contributed by atoms with van der Waals surface area (Å²) in [6.45, 7) is 0. The lowest BCUT2D eigenvalue weighted by Crippen LogP contribution is -2.34. The van der Waals surface area contributed by atoms with E-state index in [1.165, 1.54) is 11.1 Å². The molecule has 1 fully saturated rings. The van der Waals surface area contributed by atoms with Gasteiger partial charge in [-0.1, -0.05) is 54.5 Å². The molecule has 6 heteroatoms. The van der Waals surface area contributed by atoms with Gasteiger partial charge in [0.2, 0.25) is 4.96 Å². The van der Waals surface area contributed by atoms with Gasteiger partial charge in [0, 0.05) is 5.75 Å². The Labute approximate surface area is 131 Å². The standard InChI is InChI=1S/C15H17N3OS2/c19-15(8-4-1-5-9-15)10-20-13-16-17-14-18(13)11-6-2-3-7-12(11)21-14/h2-3,6-7,19H,1,4-5,8-10H2. The molecule has 0 aliphatic heterocycles. The average Bonchev–Trinajstić information content (AvgIpc) is 3.05. The van der Waals surface area contributed by atoms with Crippen molar-refractivity contribution in [3.63, 3.8) is 0 Å². The van der Waals surface area contributed by atoms with E-state index in [0.717, 1.165) is 41.3 Å². The summed E-state index contributed by atoms with van der Waals surface area (Å²) in [6.07, 6.45) is 5.33. The van der Waals surface area contributed by atoms with E-state index in [1.54, 1.807) is 23.1 Å². The van der Waals surface area contributed by atoms with Gasteiger partial charge in [0.05, 0.1) is 15.8 Å². The topological polar surface area (TPSA) is 50.4 Å². The van der Waals surface area contributed by atoms with Gasteiger partial charge in [0.1, 0.15) is 0 Å². The molecule has 110 valence electrons. The average molecular weight is 319 g/mol. The molecule has 4 nitrogen and oxygen atoms in total. The fourth-order valence-corrected chi connectivity index (χ4v) is 5.12. The van der Waals surface area contributed by atoms with E-state index < -0.39 is 5.60 Å². The molecule has 0 bridgehead atoms. The van der Waals surface area contributed by atoms with Gasteiger partial charge in [-0.25, -0.2) is 0 Å². The molecule has 2 heterocycles. The Morgan fingerprint density at radius 1 is 1.19 bits per heavy atom. The molecule has 4 rings (SSSR count). The number of fused-ring (bicyclic) bond motifs is 3. The Bertz CT molecular complexity index is 774. The van der Waals surface area contributed by atoms with Gasteiger partial charge in [-0.15, -0.1) is 10.2 Å². The van der Waals surface area contributed by atoms with Crippen molar-refractivity contribution in [3.8, 4) is 0 Å². The van der Waals surface area contributed by atoms with Crippen molar-refractivity contribution in [3.05, 3.63) is 24.3 Å². The summed E-state index contributed by atoms with van der Waals surface area (Å²) >= 11 is 3.28. The Morgan fingerprint density at radius 3 is 2.86 bits per heavy atom. The molecule has 1 aliphatic carbocycles. The first kappa shape index (κ1) is 13.5. The molecule has 0 amide bonds. The van der Waals surface area contributed by atoms with E-state index >= 15 is 0 Å². The third-order valence-corrected chi connectivity index (χ3v) is 6.38. The molecule has 0 spiro atoms. The van der Waals surface area contributed by atoms with Crippen molar-refractivity contribution in [2.45, 2.75) is 42.9 Å². The second-order valence-corrected chi connectivity index (χ2v) is 7.70. The molecule has 0 atom stereocenters. The number of hydrogen-bond donors (Lipinski definition) is 1. The zero-order valence-corrected chi connectivity index (χ0v) is 13.3. The first-order chi connectivity index (χ1) is 10.3. The first-order valence-electron chi connectivity index (χ1n) is 7.33. The number of nitrogens with zero attached hydrogens (tertiary/aromatic N) is 3. The monoisotopic (exact) mass is 319 g/mol. The molecule has 1 aromatic carbocycles. The summed E-state index contributed by atoms with van der Waals surface area (Å²) in [4.78, 5) is 0.925. The predicted molar refractivity (Wildman–Crippen MR) is 87.1 cm³/mol. The molecule has 0 unspecified atom stereocenters. The maximum atomic E-state index is 10.6. The SMILES string of the molecule is OC1(CSc2nnc3sc4ccccc4n23)CCCCC1. The Morgan fingerprint density at radius 2 is 2.00 bits per heavy atom. The zero-order chi connectivity index (χ0) is 14.3. The highest BCUT2D eigenvalue weighted by molar-refractivity contribution is 7.99. The second-order valence-electron chi connectivity index (χ2n) is 5.74. The van der Waals surface area contributed by atoms with Crippen LogP contribution in [-0.4, -0.2) is 31.1 Å². The van der Waals surface area contributed by atoms with E-state index in [1.807, 2.05) is 12.1 Å². The van der Waals surface area contributed by atoms with Gasteiger partial charge < -0.3 is 5.11 Å². The summed E-state index contributed by atoms with van der Waals surface area (Å²) in [7, 11) is 0. The van der Waals surface area contributed by atoms with Crippen LogP contribution in [0.2, 0.25) is 0 Å². The number of para-hydroxylation sites is 1. The van der Waals surface area contributed by atoms with Crippen molar-refractivity contribution < 1.29 is 5.11 Å². The molecular weight excluding hydrogens is 302 g/mol. The maximum absolute atomic E-state index is 10.6. The largest absolute Gasteiger partial charge is 0.389 e. The summed E-state index contributed by atoms with van der Waals surface area (Å²) < 4.78 is 3.33. The Hall–Kier alpha value is -1.11. The first-order valence-corrected chi connectivity index (χ1v) is 9.13. The lowest BCUT2D eigenvalue weighted by atomic mass is 9.86. The highest BCUT2D eigenvalue weighted by Crippen LogP contribution is 2.35. The molecule has 1 aliphatic rings. The van der Waals surface area contributed by atoms with Crippen LogP contribution < -0.4 is 0 Å². The zero-order valence-electron chi connectivity index (χ0n) is 11.7. The van der Waals surface area contributed by atoms with Crippen molar-refractivity contribution in [2.24, 2.45) is 0 Å². The summed E-state index contributed by atoms with van der Waals surface area (Å²) in [5.41, 5.74) is 0.626. The summed E-state index contributed by atoms with van der Waals surface area (Å²) in [5.74, 6) is 0.706. The number of hydrogen-bond acceptors (Lipinski definition) is 5. The van der Waals surface area contributed by atoms with E-state index in [4.69, 9.17) is 0 Å². The van der Waals surface area contributed by atoms with Crippen molar-refractivity contribution >= 4 is 38.3 Å². The van der Waals surface area contributed by atoms with Gasteiger partial charge in [-0.2, -0.15) is 0 Å². The third kappa shape index (κ3) is 2.45. The van der Waals surface area contributed by atoms with Crippen LogP contribution in [0.5, 0.6) is 0 Å². The molecular formula is C15H17N3OS2. The van der Waals surface area contributed by atoms with Crippen molar-refractivity contribution in [1.82, 2.24) is 14.6 Å².